The molecule has 5 nitrogen and oxygen atoms in total. The maximum atomic E-state index is 12.2. The van der Waals surface area contributed by atoms with Crippen molar-refractivity contribution in [1.29, 1.82) is 0 Å². The quantitative estimate of drug-likeness (QED) is 0.475. The monoisotopic (exact) mass is 317 g/mol. The molecular weight excluding hydrogens is 294 g/mol. The van der Waals surface area contributed by atoms with Crippen molar-refractivity contribution in [2.24, 2.45) is 0 Å². The lowest BCUT2D eigenvalue weighted by Crippen LogP contribution is -2.34. The van der Waals surface area contributed by atoms with Crippen LogP contribution in [0.1, 0.15) is 40.7 Å². The number of allylic oxidation sites excluding steroid dienone is 1. The van der Waals surface area contributed by atoms with E-state index in [1.165, 1.54) is 33.5 Å². The summed E-state index contributed by atoms with van der Waals surface area (Å²) in [6.07, 6.45) is 6.08. The molecule has 5 heteroatoms. The SMILES string of the molecule is C=CCc1c(N2CCCCC2)ccc2c1C(OC)(OC)OC2=O. The molecule has 2 aliphatic heterocycles. The fourth-order valence-electron chi connectivity index (χ4n) is 3.54. The van der Waals surface area contributed by atoms with E-state index in [0.717, 1.165) is 24.3 Å². The van der Waals surface area contributed by atoms with Crippen molar-refractivity contribution in [3.05, 3.63) is 41.5 Å². The number of carbonyl (C=O) groups is 1. The number of ether oxygens (including phenoxy) is 3. The third kappa shape index (κ3) is 2.54. The lowest BCUT2D eigenvalue weighted by molar-refractivity contribution is -0.340. The molecule has 1 fully saturated rings. The molecule has 1 saturated heterocycles. The molecule has 1 aromatic carbocycles. The number of esters is 1. The number of methoxy groups -OCH3 is 2. The highest BCUT2D eigenvalue weighted by Gasteiger charge is 2.49. The third-order valence-corrected chi connectivity index (χ3v) is 4.62. The summed E-state index contributed by atoms with van der Waals surface area (Å²) >= 11 is 0. The van der Waals surface area contributed by atoms with Crippen LogP contribution in [-0.4, -0.2) is 33.3 Å². The largest absolute Gasteiger partial charge is 0.400 e. The minimum atomic E-state index is -1.46. The maximum absolute atomic E-state index is 12.2. The summed E-state index contributed by atoms with van der Waals surface area (Å²) in [6.45, 7) is 5.90. The smallest absolute Gasteiger partial charge is 0.359 e. The van der Waals surface area contributed by atoms with Gasteiger partial charge in [-0.2, -0.15) is 0 Å². The Morgan fingerprint density at radius 3 is 2.57 bits per heavy atom. The van der Waals surface area contributed by atoms with E-state index < -0.39 is 11.9 Å². The van der Waals surface area contributed by atoms with Gasteiger partial charge in [-0.15, -0.1) is 6.58 Å². The number of nitrogens with zero attached hydrogens (tertiary/aromatic N) is 1. The van der Waals surface area contributed by atoms with E-state index in [4.69, 9.17) is 14.2 Å². The Morgan fingerprint density at radius 1 is 1.26 bits per heavy atom. The van der Waals surface area contributed by atoms with Gasteiger partial charge in [-0.05, 0) is 43.4 Å². The number of benzene rings is 1. The van der Waals surface area contributed by atoms with Gasteiger partial charge in [0.05, 0.1) is 11.1 Å². The Balaban J connectivity index is 2.17. The Hall–Kier alpha value is -1.85. The summed E-state index contributed by atoms with van der Waals surface area (Å²) in [7, 11) is 2.97. The molecule has 3 rings (SSSR count). The molecule has 0 aromatic heterocycles. The van der Waals surface area contributed by atoms with Crippen LogP contribution in [0.5, 0.6) is 0 Å². The minimum absolute atomic E-state index is 0.417. The highest BCUT2D eigenvalue weighted by molar-refractivity contribution is 5.96. The number of carbonyl (C=O) groups excluding carboxylic acids is 1. The fraction of sp³-hybridized carbons (Fsp3) is 0.500. The van der Waals surface area contributed by atoms with Crippen molar-refractivity contribution in [1.82, 2.24) is 0 Å². The molecule has 0 aliphatic carbocycles. The first-order valence-electron chi connectivity index (χ1n) is 8.02. The molecule has 0 saturated carbocycles. The molecule has 0 amide bonds. The number of hydrogen-bond donors (Lipinski definition) is 0. The van der Waals surface area contributed by atoms with Crippen LogP contribution in [-0.2, 0) is 26.6 Å². The Kier molecular flexibility index (Phi) is 4.41. The Bertz CT molecular complexity index is 616. The van der Waals surface area contributed by atoms with Crippen molar-refractivity contribution in [2.45, 2.75) is 31.7 Å². The van der Waals surface area contributed by atoms with Crippen molar-refractivity contribution in [3.8, 4) is 0 Å². The number of anilines is 1. The lowest BCUT2D eigenvalue weighted by Gasteiger charge is -2.33. The second-order valence-electron chi connectivity index (χ2n) is 5.88. The van der Waals surface area contributed by atoms with E-state index in [1.807, 2.05) is 18.2 Å². The lowest BCUT2D eigenvalue weighted by atomic mass is 9.95. The van der Waals surface area contributed by atoms with E-state index in [-0.39, 0.29) is 0 Å². The van der Waals surface area contributed by atoms with Crippen LogP contribution in [0.4, 0.5) is 5.69 Å². The summed E-state index contributed by atoms with van der Waals surface area (Å²) in [5, 5.41) is 0. The molecule has 2 aliphatic rings. The van der Waals surface area contributed by atoms with Gasteiger partial charge in [0.1, 0.15) is 0 Å². The Labute approximate surface area is 136 Å². The van der Waals surface area contributed by atoms with Gasteiger partial charge < -0.3 is 19.1 Å². The van der Waals surface area contributed by atoms with Crippen LogP contribution < -0.4 is 4.90 Å². The first-order valence-corrected chi connectivity index (χ1v) is 8.02. The van der Waals surface area contributed by atoms with Gasteiger partial charge in [0.25, 0.3) is 0 Å². The number of cyclic esters (lactones) is 1. The van der Waals surface area contributed by atoms with E-state index in [0.29, 0.717) is 17.5 Å². The topological polar surface area (TPSA) is 48.0 Å². The van der Waals surface area contributed by atoms with Crippen molar-refractivity contribution in [3.63, 3.8) is 0 Å². The van der Waals surface area contributed by atoms with Crippen LogP contribution >= 0.6 is 0 Å². The van der Waals surface area contributed by atoms with Crippen molar-refractivity contribution in [2.75, 3.05) is 32.2 Å². The van der Waals surface area contributed by atoms with E-state index in [9.17, 15) is 4.79 Å². The normalized spacial score (nSPS) is 19.4. The average molecular weight is 317 g/mol. The molecule has 0 N–H and O–H groups in total. The standard InChI is InChI=1S/C18H23NO4/c1-4-8-13-15(19-11-6-5-7-12-19)10-9-14-16(13)18(21-2,22-3)23-17(14)20/h4,9-10H,1,5-8,11-12H2,2-3H3. The van der Waals surface area contributed by atoms with Gasteiger partial charge in [-0.1, -0.05) is 6.08 Å². The number of piperidine rings is 1. The summed E-state index contributed by atoms with van der Waals surface area (Å²) in [5.41, 5.74) is 3.29. The van der Waals surface area contributed by atoms with E-state index >= 15 is 0 Å². The zero-order valence-corrected chi connectivity index (χ0v) is 13.8. The molecule has 0 atom stereocenters. The Morgan fingerprint density at radius 2 is 1.96 bits per heavy atom. The highest BCUT2D eigenvalue weighted by atomic mass is 16.9. The predicted molar refractivity (Wildman–Crippen MR) is 87.5 cm³/mol. The van der Waals surface area contributed by atoms with Crippen LogP contribution in [0.25, 0.3) is 0 Å². The molecule has 23 heavy (non-hydrogen) atoms. The summed E-state index contributed by atoms with van der Waals surface area (Å²) in [4.78, 5) is 14.6. The van der Waals surface area contributed by atoms with Gasteiger partial charge >= 0.3 is 11.9 Å². The molecule has 1 aromatic rings. The molecule has 2 heterocycles. The van der Waals surface area contributed by atoms with Gasteiger partial charge in [-0.25, -0.2) is 4.79 Å². The average Bonchev–Trinajstić information content (AvgIpc) is 2.89. The minimum Gasteiger partial charge on any atom is -0.400 e. The van der Waals surface area contributed by atoms with Gasteiger partial charge in [-0.3, -0.25) is 0 Å². The van der Waals surface area contributed by atoms with E-state index in [1.54, 1.807) is 0 Å². The molecule has 124 valence electrons. The van der Waals surface area contributed by atoms with Gasteiger partial charge in [0.2, 0.25) is 0 Å². The van der Waals surface area contributed by atoms with Crippen LogP contribution in [0.3, 0.4) is 0 Å². The van der Waals surface area contributed by atoms with E-state index in [2.05, 4.69) is 11.5 Å². The fourth-order valence-corrected chi connectivity index (χ4v) is 3.54. The summed E-state index contributed by atoms with van der Waals surface area (Å²) in [6, 6.07) is 3.82. The van der Waals surface area contributed by atoms with Gasteiger partial charge in [0, 0.05) is 33.0 Å². The summed E-state index contributed by atoms with van der Waals surface area (Å²) < 4.78 is 16.3. The zero-order chi connectivity index (χ0) is 16.4. The molecule has 0 unspecified atom stereocenters. The summed E-state index contributed by atoms with van der Waals surface area (Å²) in [5.74, 6) is -1.88. The third-order valence-electron chi connectivity index (χ3n) is 4.62. The molecular formula is C18H23NO4. The van der Waals surface area contributed by atoms with Crippen LogP contribution in [0, 0.1) is 0 Å². The predicted octanol–water partition coefficient (Wildman–Crippen LogP) is 2.98. The highest BCUT2D eigenvalue weighted by Crippen LogP contribution is 2.43. The molecule has 0 bridgehead atoms. The maximum Gasteiger partial charge on any atom is 0.359 e. The van der Waals surface area contributed by atoms with Gasteiger partial charge in [0.15, 0.2) is 0 Å². The number of rotatable bonds is 5. The first-order chi connectivity index (χ1) is 11.2. The second kappa shape index (κ2) is 6.34. The van der Waals surface area contributed by atoms with Crippen molar-refractivity contribution < 1.29 is 19.0 Å². The van der Waals surface area contributed by atoms with Crippen LogP contribution in [0.2, 0.25) is 0 Å². The zero-order valence-electron chi connectivity index (χ0n) is 13.8. The number of hydrogen-bond acceptors (Lipinski definition) is 5. The second-order valence-corrected chi connectivity index (χ2v) is 5.88. The molecule has 0 radical (unpaired) electrons. The first kappa shape index (κ1) is 16.0. The van der Waals surface area contributed by atoms with Crippen molar-refractivity contribution >= 4 is 11.7 Å². The molecule has 0 spiro atoms. The van der Waals surface area contributed by atoms with Crippen LogP contribution in [0.15, 0.2) is 24.8 Å². The number of fused-ring (bicyclic) bond motifs is 1.